The second-order valence-corrected chi connectivity index (χ2v) is 20.7. The number of hydrogen-bond acceptors (Lipinski definition) is 11. The lowest BCUT2D eigenvalue weighted by Gasteiger charge is -2.36. The van der Waals surface area contributed by atoms with Gasteiger partial charge in [0.05, 0.1) is 60.4 Å². The molecule has 3 fully saturated rings. The molecule has 2 atom stereocenters. The number of nitrogens with zero attached hydrogens (tertiary/aromatic N) is 8. The van der Waals surface area contributed by atoms with E-state index in [1.54, 1.807) is 54.7 Å². The highest BCUT2D eigenvalue weighted by atomic mass is 35.5. The molecule has 2 aromatic carbocycles. The number of hydrogen-bond donors (Lipinski definition) is 0. The third-order valence-corrected chi connectivity index (χ3v) is 15.6. The van der Waals surface area contributed by atoms with Crippen molar-refractivity contribution in [3.8, 4) is 17.1 Å². The van der Waals surface area contributed by atoms with Crippen LogP contribution in [0.5, 0.6) is 5.75 Å². The highest BCUT2D eigenvalue weighted by Gasteiger charge is 2.32. The lowest BCUT2D eigenvalue weighted by atomic mass is 10.1. The van der Waals surface area contributed by atoms with Crippen LogP contribution < -0.4 is 25.7 Å². The molecule has 2 saturated heterocycles. The summed E-state index contributed by atoms with van der Waals surface area (Å²) >= 11 is 18.4. The predicted molar refractivity (Wildman–Crippen MR) is 238 cm³/mol. The van der Waals surface area contributed by atoms with Crippen molar-refractivity contribution < 1.29 is 30.4 Å². The SMILES string of the molecule is CC1CCC(Oc2c(N3CCN(S(=O)(=O)CCCF)CC3)cnn(-c3cccc(Cl)c3)c2=O)C1.O=c1c(Cl)c(N2CCN(S(=O)(=O)CCCF)CC2)cnn1-c1cccc(Cl)c1. The molecule has 2 aromatic heterocycles. The van der Waals surface area contributed by atoms with Gasteiger partial charge >= 0.3 is 5.56 Å². The van der Waals surface area contributed by atoms with Gasteiger partial charge in [0.2, 0.25) is 25.8 Å². The molecule has 1 aliphatic carbocycles. The summed E-state index contributed by atoms with van der Waals surface area (Å²) in [4.78, 5) is 29.9. The molecule has 0 bridgehead atoms. The average Bonchev–Trinajstić information content (AvgIpc) is 3.68. The third-order valence-electron chi connectivity index (χ3n) is 10.9. The normalized spacial score (nSPS) is 19.0. The van der Waals surface area contributed by atoms with Crippen LogP contribution in [0.25, 0.3) is 11.4 Å². The van der Waals surface area contributed by atoms with Crippen LogP contribution in [0.15, 0.2) is 70.5 Å². The van der Waals surface area contributed by atoms with Crippen LogP contribution in [-0.2, 0) is 20.0 Å². The Morgan fingerprint density at radius 3 is 1.60 bits per heavy atom. The van der Waals surface area contributed by atoms with E-state index in [0.717, 1.165) is 23.9 Å². The fraction of sp³-hybridized carbons (Fsp3) is 0.500. The summed E-state index contributed by atoms with van der Waals surface area (Å²) in [5.74, 6) is 0.350. The van der Waals surface area contributed by atoms with Gasteiger partial charge in [0.1, 0.15) is 10.7 Å². The van der Waals surface area contributed by atoms with E-state index in [1.165, 1.54) is 19.5 Å². The van der Waals surface area contributed by atoms with Crippen molar-refractivity contribution in [2.24, 2.45) is 5.92 Å². The molecular formula is C40H49Cl3F2N8O7S2. The minimum Gasteiger partial charge on any atom is -0.483 e. The minimum atomic E-state index is -3.50. The Balaban J connectivity index is 0.000000211. The van der Waals surface area contributed by atoms with Crippen LogP contribution in [-0.4, -0.2) is 128 Å². The third kappa shape index (κ3) is 11.6. The number of ether oxygens (including phenoxy) is 1. The molecule has 0 amide bonds. The molecule has 3 aliphatic rings. The fourth-order valence-corrected chi connectivity index (χ4v) is 11.1. The molecule has 0 N–H and O–H groups in total. The van der Waals surface area contributed by atoms with Crippen molar-refractivity contribution in [3.05, 3.63) is 96.7 Å². The Morgan fingerprint density at radius 2 is 1.15 bits per heavy atom. The van der Waals surface area contributed by atoms with Crippen molar-refractivity contribution in [2.45, 2.75) is 45.1 Å². The first-order valence-electron chi connectivity index (χ1n) is 20.3. The molecule has 4 heterocycles. The zero-order valence-electron chi connectivity index (χ0n) is 34.1. The Kier molecular flexibility index (Phi) is 16.3. The van der Waals surface area contributed by atoms with E-state index in [0.29, 0.717) is 64.9 Å². The predicted octanol–water partition coefficient (Wildman–Crippen LogP) is 5.62. The van der Waals surface area contributed by atoms with Gasteiger partial charge in [-0.3, -0.25) is 18.4 Å². The lowest BCUT2D eigenvalue weighted by molar-refractivity contribution is 0.201. The van der Waals surface area contributed by atoms with Gasteiger partial charge in [0.25, 0.3) is 5.56 Å². The fourth-order valence-electron chi connectivity index (χ4n) is 7.57. The Morgan fingerprint density at radius 1 is 0.677 bits per heavy atom. The largest absolute Gasteiger partial charge is 0.483 e. The van der Waals surface area contributed by atoms with Crippen LogP contribution in [0, 0.1) is 5.92 Å². The number of aromatic nitrogens is 4. The number of piperazine rings is 2. The lowest BCUT2D eigenvalue weighted by Crippen LogP contribution is -2.49. The summed E-state index contributed by atoms with van der Waals surface area (Å²) < 4.78 is 85.4. The Bertz CT molecular complexity index is 2520. The molecule has 0 spiro atoms. The summed E-state index contributed by atoms with van der Waals surface area (Å²) in [5.41, 5.74) is 1.18. The molecule has 2 aliphatic heterocycles. The summed E-state index contributed by atoms with van der Waals surface area (Å²) in [6.45, 7) is 3.32. The highest BCUT2D eigenvalue weighted by Crippen LogP contribution is 2.33. The first-order chi connectivity index (χ1) is 29.6. The monoisotopic (exact) mass is 960 g/mol. The van der Waals surface area contributed by atoms with E-state index in [4.69, 9.17) is 39.5 Å². The quantitative estimate of drug-likeness (QED) is 0.155. The summed E-state index contributed by atoms with van der Waals surface area (Å²) in [5, 5.41) is 9.52. The number of halogens is 5. The molecule has 15 nitrogen and oxygen atoms in total. The average molecular weight is 962 g/mol. The van der Waals surface area contributed by atoms with Gasteiger partial charge in [-0.25, -0.2) is 16.8 Å². The number of sulfonamides is 2. The van der Waals surface area contributed by atoms with Crippen molar-refractivity contribution >= 4 is 66.2 Å². The molecule has 2 unspecified atom stereocenters. The van der Waals surface area contributed by atoms with Gasteiger partial charge in [0, 0.05) is 62.4 Å². The van der Waals surface area contributed by atoms with Crippen molar-refractivity contribution in [3.63, 3.8) is 0 Å². The summed E-state index contributed by atoms with van der Waals surface area (Å²) in [6.07, 6.45) is 5.80. The van der Waals surface area contributed by atoms with Crippen LogP contribution in [0.4, 0.5) is 20.2 Å². The first kappa shape index (κ1) is 47.6. The number of alkyl halides is 2. The second-order valence-electron chi connectivity index (χ2n) is 15.2. The van der Waals surface area contributed by atoms with Crippen molar-refractivity contribution in [1.29, 1.82) is 0 Å². The van der Waals surface area contributed by atoms with Gasteiger partial charge in [-0.15, -0.1) is 0 Å². The number of benzene rings is 2. The standard InChI is InChI=1S/C23H30ClFN4O4S.C17H19Cl2FN4O3S/c1-17-6-7-20(14-17)33-22-21(16-26-29(23(22)30)19-5-2-4-18(24)15-19)27-9-11-28(12-10-27)34(31,32)13-3-8-25;18-13-3-1-4-14(11-13)24-17(25)16(19)15(12-21-24)22-6-8-23(9-7-22)28(26,27)10-2-5-20/h2,4-5,15-17,20H,3,6-14H2,1H3;1,3-4,11-12H,2,5-10H2. The van der Waals surface area contributed by atoms with E-state index < -0.39 is 39.0 Å². The highest BCUT2D eigenvalue weighted by molar-refractivity contribution is 7.89. The first-order valence-corrected chi connectivity index (χ1v) is 24.6. The zero-order valence-corrected chi connectivity index (χ0v) is 38.0. The molecule has 62 heavy (non-hydrogen) atoms. The van der Waals surface area contributed by atoms with Crippen LogP contribution in [0.2, 0.25) is 15.1 Å². The van der Waals surface area contributed by atoms with E-state index in [9.17, 15) is 35.2 Å². The van der Waals surface area contributed by atoms with Gasteiger partial charge in [0.15, 0.2) is 0 Å². The summed E-state index contributed by atoms with van der Waals surface area (Å²) in [7, 11) is -6.98. The molecular weight excluding hydrogens is 913 g/mol. The molecule has 1 saturated carbocycles. The Hall–Kier alpha value is -3.85. The number of anilines is 2. The Labute approximate surface area is 374 Å². The minimum absolute atomic E-state index is 0.00344. The smallest absolute Gasteiger partial charge is 0.316 e. The molecule has 7 rings (SSSR count). The van der Waals surface area contributed by atoms with Gasteiger partial charge < -0.3 is 14.5 Å². The van der Waals surface area contributed by atoms with Crippen LogP contribution >= 0.6 is 34.8 Å². The molecule has 0 radical (unpaired) electrons. The van der Waals surface area contributed by atoms with Gasteiger partial charge in [-0.1, -0.05) is 53.9 Å². The van der Waals surface area contributed by atoms with Gasteiger partial charge in [-0.2, -0.15) is 28.2 Å². The van der Waals surface area contributed by atoms with E-state index in [1.807, 2.05) is 9.80 Å². The second kappa shape index (κ2) is 21.2. The van der Waals surface area contributed by atoms with Crippen LogP contribution in [0.3, 0.4) is 0 Å². The number of rotatable bonds is 14. The van der Waals surface area contributed by atoms with Crippen LogP contribution in [0.1, 0.15) is 39.0 Å². The maximum Gasteiger partial charge on any atom is 0.316 e. The molecule has 22 heteroatoms. The van der Waals surface area contributed by atoms with Crippen molar-refractivity contribution in [2.75, 3.05) is 87.0 Å². The van der Waals surface area contributed by atoms with E-state index in [-0.39, 0.29) is 73.0 Å². The topological polar surface area (TPSA) is 160 Å². The molecule has 338 valence electrons. The van der Waals surface area contributed by atoms with Crippen molar-refractivity contribution in [1.82, 2.24) is 28.2 Å². The molecule has 4 aromatic rings. The van der Waals surface area contributed by atoms with E-state index in [2.05, 4.69) is 17.1 Å². The maximum atomic E-state index is 13.5. The summed E-state index contributed by atoms with van der Waals surface area (Å²) in [6, 6.07) is 13.6. The van der Waals surface area contributed by atoms with Gasteiger partial charge in [-0.05, 0) is 74.4 Å². The maximum absolute atomic E-state index is 13.5. The van der Waals surface area contributed by atoms with E-state index >= 15 is 0 Å². The zero-order chi connectivity index (χ0) is 44.6.